The first-order chi connectivity index (χ1) is 9.83. The molecule has 0 aliphatic rings. The van der Waals surface area contributed by atoms with Gasteiger partial charge in [-0.1, -0.05) is 64.2 Å². The van der Waals surface area contributed by atoms with Crippen molar-refractivity contribution < 1.29 is 4.74 Å². The van der Waals surface area contributed by atoms with Gasteiger partial charge in [-0.15, -0.1) is 0 Å². The molecule has 0 spiro atoms. The van der Waals surface area contributed by atoms with Gasteiger partial charge in [-0.3, -0.25) is 0 Å². The van der Waals surface area contributed by atoms with Gasteiger partial charge in [0.2, 0.25) is 0 Å². The van der Waals surface area contributed by atoms with Gasteiger partial charge in [0.1, 0.15) is 5.75 Å². The van der Waals surface area contributed by atoms with Crippen molar-refractivity contribution in [1.82, 2.24) is 5.32 Å². The summed E-state index contributed by atoms with van der Waals surface area (Å²) in [6, 6.07) is 8.85. The number of ether oxygens (including phenoxy) is 1. The van der Waals surface area contributed by atoms with E-state index in [2.05, 4.69) is 43.4 Å². The molecule has 0 bridgehead atoms. The van der Waals surface area contributed by atoms with Crippen LogP contribution in [0, 0.1) is 0 Å². The molecule has 1 N–H and O–H groups in total. The molecule has 0 aliphatic carbocycles. The third-order valence-corrected chi connectivity index (χ3v) is 3.70. The van der Waals surface area contributed by atoms with E-state index in [1.54, 1.807) is 0 Å². The van der Waals surface area contributed by atoms with E-state index in [0.717, 1.165) is 18.8 Å². The average Bonchev–Trinajstić information content (AvgIpc) is 2.49. The first-order valence-corrected chi connectivity index (χ1v) is 8.22. The lowest BCUT2D eigenvalue weighted by molar-refractivity contribution is 0.309. The van der Waals surface area contributed by atoms with Gasteiger partial charge in [0.25, 0.3) is 0 Å². The summed E-state index contributed by atoms with van der Waals surface area (Å²) in [6.07, 6.45) is 8.89. The fraction of sp³-hybridized carbons (Fsp3) is 0.667. The Morgan fingerprint density at radius 2 is 1.75 bits per heavy atom. The van der Waals surface area contributed by atoms with Gasteiger partial charge in [0.05, 0.1) is 6.61 Å². The van der Waals surface area contributed by atoms with Crippen LogP contribution in [0.25, 0.3) is 0 Å². The summed E-state index contributed by atoms with van der Waals surface area (Å²) < 4.78 is 5.87. The Labute approximate surface area is 124 Å². The molecule has 114 valence electrons. The molecule has 0 saturated heterocycles. The summed E-state index contributed by atoms with van der Waals surface area (Å²) in [4.78, 5) is 0. The van der Waals surface area contributed by atoms with Crippen LogP contribution in [0.15, 0.2) is 24.3 Å². The van der Waals surface area contributed by atoms with Crippen LogP contribution < -0.4 is 10.1 Å². The Balaban J connectivity index is 2.55. The second kappa shape index (κ2) is 10.7. The summed E-state index contributed by atoms with van der Waals surface area (Å²) in [6.45, 7) is 5.20. The summed E-state index contributed by atoms with van der Waals surface area (Å²) in [7, 11) is 2.05. The van der Waals surface area contributed by atoms with E-state index in [4.69, 9.17) is 4.74 Å². The normalized spacial score (nSPS) is 12.3. The van der Waals surface area contributed by atoms with Gasteiger partial charge in [-0.25, -0.2) is 0 Å². The smallest absolute Gasteiger partial charge is 0.124 e. The van der Waals surface area contributed by atoms with Crippen LogP contribution in [0.2, 0.25) is 0 Å². The number of rotatable bonds is 11. The minimum Gasteiger partial charge on any atom is -0.493 e. The highest BCUT2D eigenvalue weighted by molar-refractivity contribution is 5.35. The third kappa shape index (κ3) is 5.96. The maximum atomic E-state index is 5.87. The molecule has 0 saturated carbocycles. The topological polar surface area (TPSA) is 21.3 Å². The molecule has 0 aliphatic heterocycles. The van der Waals surface area contributed by atoms with Gasteiger partial charge < -0.3 is 10.1 Å². The second-order valence-electron chi connectivity index (χ2n) is 5.43. The SMILES string of the molecule is CCCCCCCC(NC)c1ccccc1OCCC. The van der Waals surface area contributed by atoms with Crippen LogP contribution in [-0.4, -0.2) is 13.7 Å². The van der Waals surface area contributed by atoms with Gasteiger partial charge in [-0.05, 0) is 26.0 Å². The van der Waals surface area contributed by atoms with Crippen molar-refractivity contribution in [3.63, 3.8) is 0 Å². The molecule has 0 heterocycles. The Morgan fingerprint density at radius 3 is 2.45 bits per heavy atom. The predicted octanol–water partition coefficient (Wildman–Crippen LogP) is 5.10. The Bertz CT molecular complexity index is 351. The van der Waals surface area contributed by atoms with Crippen molar-refractivity contribution in [2.45, 2.75) is 64.8 Å². The number of nitrogens with one attached hydrogen (secondary N) is 1. The van der Waals surface area contributed by atoms with Crippen LogP contribution in [0.1, 0.15) is 70.4 Å². The number of benzene rings is 1. The lowest BCUT2D eigenvalue weighted by Crippen LogP contribution is -2.17. The fourth-order valence-corrected chi connectivity index (χ4v) is 2.52. The van der Waals surface area contributed by atoms with Gasteiger partial charge in [-0.2, -0.15) is 0 Å². The molecule has 1 atom stereocenters. The quantitative estimate of drug-likeness (QED) is 0.568. The maximum Gasteiger partial charge on any atom is 0.124 e. The van der Waals surface area contributed by atoms with E-state index in [0.29, 0.717) is 6.04 Å². The van der Waals surface area contributed by atoms with E-state index in [1.165, 1.54) is 44.1 Å². The van der Waals surface area contributed by atoms with E-state index < -0.39 is 0 Å². The van der Waals surface area contributed by atoms with Crippen molar-refractivity contribution in [3.8, 4) is 5.75 Å². The molecule has 0 radical (unpaired) electrons. The zero-order valence-electron chi connectivity index (χ0n) is 13.5. The number of hydrogen-bond donors (Lipinski definition) is 1. The van der Waals surface area contributed by atoms with Crippen LogP contribution in [0.4, 0.5) is 0 Å². The van der Waals surface area contributed by atoms with Gasteiger partial charge >= 0.3 is 0 Å². The molecular formula is C18H31NO. The van der Waals surface area contributed by atoms with E-state index in [9.17, 15) is 0 Å². The maximum absolute atomic E-state index is 5.87. The number of para-hydroxylation sites is 1. The van der Waals surface area contributed by atoms with Crippen LogP contribution in [0.3, 0.4) is 0 Å². The highest BCUT2D eigenvalue weighted by Gasteiger charge is 2.13. The Morgan fingerprint density at radius 1 is 1.00 bits per heavy atom. The summed E-state index contributed by atoms with van der Waals surface area (Å²) >= 11 is 0. The van der Waals surface area contributed by atoms with Crippen molar-refractivity contribution >= 4 is 0 Å². The minimum atomic E-state index is 0.407. The lowest BCUT2D eigenvalue weighted by Gasteiger charge is -2.20. The fourth-order valence-electron chi connectivity index (χ4n) is 2.52. The van der Waals surface area contributed by atoms with E-state index >= 15 is 0 Å². The first kappa shape index (κ1) is 17.0. The van der Waals surface area contributed by atoms with Crippen molar-refractivity contribution in [3.05, 3.63) is 29.8 Å². The monoisotopic (exact) mass is 277 g/mol. The molecule has 1 aromatic rings. The summed E-state index contributed by atoms with van der Waals surface area (Å²) in [5.74, 6) is 1.04. The second-order valence-corrected chi connectivity index (χ2v) is 5.43. The van der Waals surface area contributed by atoms with Crippen LogP contribution in [0.5, 0.6) is 5.75 Å². The molecule has 2 nitrogen and oxygen atoms in total. The number of unbranched alkanes of at least 4 members (excludes halogenated alkanes) is 4. The van der Waals surface area contributed by atoms with E-state index in [1.807, 2.05) is 7.05 Å². The lowest BCUT2D eigenvalue weighted by atomic mass is 9.99. The number of hydrogen-bond acceptors (Lipinski definition) is 2. The highest BCUT2D eigenvalue weighted by Crippen LogP contribution is 2.28. The summed E-state index contributed by atoms with van der Waals surface area (Å²) in [5, 5.41) is 3.45. The molecule has 2 heteroatoms. The van der Waals surface area contributed by atoms with Gasteiger partial charge in [0.15, 0.2) is 0 Å². The Kier molecular flexibility index (Phi) is 9.14. The van der Waals surface area contributed by atoms with Crippen LogP contribution >= 0.6 is 0 Å². The molecule has 20 heavy (non-hydrogen) atoms. The minimum absolute atomic E-state index is 0.407. The molecule has 1 unspecified atom stereocenters. The average molecular weight is 277 g/mol. The summed E-state index contributed by atoms with van der Waals surface area (Å²) in [5.41, 5.74) is 1.30. The zero-order chi connectivity index (χ0) is 14.6. The third-order valence-electron chi connectivity index (χ3n) is 3.70. The van der Waals surface area contributed by atoms with Gasteiger partial charge in [0, 0.05) is 11.6 Å². The standard InChI is InChI=1S/C18H31NO/c1-4-6-7-8-9-13-17(19-3)16-12-10-11-14-18(16)20-15-5-2/h10-12,14,17,19H,4-9,13,15H2,1-3H3. The zero-order valence-corrected chi connectivity index (χ0v) is 13.5. The van der Waals surface area contributed by atoms with Crippen molar-refractivity contribution in [2.75, 3.05) is 13.7 Å². The molecule has 1 aromatic carbocycles. The molecular weight excluding hydrogens is 246 g/mol. The predicted molar refractivity (Wildman–Crippen MR) is 87.4 cm³/mol. The largest absolute Gasteiger partial charge is 0.493 e. The molecule has 0 aromatic heterocycles. The molecule has 0 fully saturated rings. The van der Waals surface area contributed by atoms with E-state index in [-0.39, 0.29) is 0 Å². The van der Waals surface area contributed by atoms with Crippen LogP contribution in [-0.2, 0) is 0 Å². The Hall–Kier alpha value is -1.02. The first-order valence-electron chi connectivity index (χ1n) is 8.22. The highest BCUT2D eigenvalue weighted by atomic mass is 16.5. The van der Waals surface area contributed by atoms with Crippen molar-refractivity contribution in [1.29, 1.82) is 0 Å². The molecule has 0 amide bonds. The van der Waals surface area contributed by atoms with Crippen molar-refractivity contribution in [2.24, 2.45) is 0 Å². The molecule has 1 rings (SSSR count).